The minimum Gasteiger partial charge on any atom is -0.318 e. The zero-order chi connectivity index (χ0) is 18.5. The fourth-order valence-electron chi connectivity index (χ4n) is 3.20. The molecule has 0 atom stereocenters. The van der Waals surface area contributed by atoms with Crippen molar-refractivity contribution in [3.63, 3.8) is 0 Å². The van der Waals surface area contributed by atoms with Crippen LogP contribution in [0, 0.1) is 13.8 Å². The first-order chi connectivity index (χ1) is 12.6. The van der Waals surface area contributed by atoms with E-state index in [1.165, 1.54) is 5.56 Å². The number of hydrogen-bond acceptors (Lipinski definition) is 2. The first kappa shape index (κ1) is 18.4. The van der Waals surface area contributed by atoms with E-state index in [1.807, 2.05) is 62.4 Å². The van der Waals surface area contributed by atoms with Crippen LogP contribution in [0.15, 0.2) is 60.7 Å². The summed E-state index contributed by atoms with van der Waals surface area (Å²) in [4.78, 5) is 12.6. The third kappa shape index (κ3) is 4.24. The van der Waals surface area contributed by atoms with Gasteiger partial charge >= 0.3 is 0 Å². The monoisotopic (exact) mass is 366 g/mol. The number of benzene rings is 2. The highest BCUT2D eigenvalue weighted by Crippen LogP contribution is 2.21. The van der Waals surface area contributed by atoms with Gasteiger partial charge in [0.2, 0.25) is 0 Å². The van der Waals surface area contributed by atoms with Gasteiger partial charge < -0.3 is 9.88 Å². The summed E-state index contributed by atoms with van der Waals surface area (Å²) in [5.74, 6) is 0.122. The number of carbonyl (C=O) groups excluding carboxylic acids is 1. The van der Waals surface area contributed by atoms with Gasteiger partial charge in [-0.3, -0.25) is 4.79 Å². The minimum absolute atomic E-state index is 0.122. The van der Waals surface area contributed by atoms with Crippen LogP contribution in [0.4, 0.5) is 0 Å². The molecule has 0 aliphatic heterocycles. The van der Waals surface area contributed by atoms with E-state index >= 15 is 0 Å². The number of nitrogens with one attached hydrogen (secondary N) is 1. The van der Waals surface area contributed by atoms with Gasteiger partial charge in [-0.25, -0.2) is 0 Å². The molecule has 0 aliphatic rings. The largest absolute Gasteiger partial charge is 0.318 e. The molecular formula is C22H23ClN2O. The lowest BCUT2D eigenvalue weighted by molar-refractivity contribution is 0.0991. The van der Waals surface area contributed by atoms with Crippen LogP contribution in [0.1, 0.15) is 27.3 Å². The molecule has 3 aromatic rings. The first-order valence-electron chi connectivity index (χ1n) is 8.79. The third-order valence-corrected chi connectivity index (χ3v) is 4.79. The fourth-order valence-corrected chi connectivity index (χ4v) is 3.33. The van der Waals surface area contributed by atoms with Crippen molar-refractivity contribution in [1.29, 1.82) is 0 Å². The smallest absolute Gasteiger partial charge is 0.178 e. The normalized spacial score (nSPS) is 10.9. The Morgan fingerprint density at radius 3 is 2.42 bits per heavy atom. The van der Waals surface area contributed by atoms with E-state index in [0.717, 1.165) is 40.6 Å². The summed E-state index contributed by atoms with van der Waals surface area (Å²) >= 11 is 5.89. The Bertz CT molecular complexity index is 883. The number of carbonyl (C=O) groups is 1. The molecule has 0 saturated carbocycles. The summed E-state index contributed by atoms with van der Waals surface area (Å²) in [5, 5.41) is 3.99. The number of ketones is 1. The van der Waals surface area contributed by atoms with Crippen LogP contribution in [-0.4, -0.2) is 23.4 Å². The summed E-state index contributed by atoms with van der Waals surface area (Å²) < 4.78 is 2.13. The molecule has 1 aromatic heterocycles. The van der Waals surface area contributed by atoms with Crippen LogP contribution in [0.25, 0.3) is 5.69 Å². The average molecular weight is 367 g/mol. The Morgan fingerprint density at radius 2 is 1.73 bits per heavy atom. The van der Waals surface area contributed by atoms with Gasteiger partial charge in [0.1, 0.15) is 0 Å². The molecule has 1 heterocycles. The van der Waals surface area contributed by atoms with Crippen molar-refractivity contribution in [3.8, 4) is 5.69 Å². The highest BCUT2D eigenvalue weighted by Gasteiger charge is 2.16. The zero-order valence-electron chi connectivity index (χ0n) is 15.1. The summed E-state index contributed by atoms with van der Waals surface area (Å²) in [6.45, 7) is 5.13. The van der Waals surface area contributed by atoms with Crippen molar-refractivity contribution in [2.24, 2.45) is 0 Å². The number of halogens is 1. The molecule has 0 saturated heterocycles. The van der Waals surface area contributed by atoms with Gasteiger partial charge in [0.25, 0.3) is 0 Å². The number of hydrogen-bond donors (Lipinski definition) is 1. The molecule has 0 radical (unpaired) electrons. The molecule has 4 heteroatoms. The molecule has 26 heavy (non-hydrogen) atoms. The van der Waals surface area contributed by atoms with Crippen LogP contribution >= 0.6 is 11.6 Å². The maximum Gasteiger partial charge on any atom is 0.178 e. The van der Waals surface area contributed by atoms with Crippen molar-refractivity contribution < 1.29 is 4.79 Å². The Balaban J connectivity index is 1.61. The molecule has 3 nitrogen and oxygen atoms in total. The molecule has 3 rings (SSSR count). The molecule has 134 valence electrons. The van der Waals surface area contributed by atoms with Gasteiger partial charge in [0.15, 0.2) is 5.78 Å². The van der Waals surface area contributed by atoms with Gasteiger partial charge in [-0.1, -0.05) is 41.9 Å². The van der Waals surface area contributed by atoms with Crippen molar-refractivity contribution >= 4 is 17.4 Å². The number of Topliss-reactive ketones (excluding diaryl/α,β-unsaturated/α-hetero) is 1. The number of rotatable bonds is 7. The number of para-hydroxylation sites is 1. The van der Waals surface area contributed by atoms with Crippen molar-refractivity contribution in [3.05, 3.63) is 88.2 Å². The van der Waals surface area contributed by atoms with Crippen LogP contribution in [0.5, 0.6) is 0 Å². The quantitative estimate of drug-likeness (QED) is 0.483. The van der Waals surface area contributed by atoms with E-state index in [9.17, 15) is 4.79 Å². The van der Waals surface area contributed by atoms with Gasteiger partial charge in [-0.2, -0.15) is 0 Å². The van der Waals surface area contributed by atoms with Gasteiger partial charge in [-0.15, -0.1) is 0 Å². The van der Waals surface area contributed by atoms with E-state index in [0.29, 0.717) is 6.54 Å². The lowest BCUT2D eigenvalue weighted by atomic mass is 10.1. The second-order valence-electron chi connectivity index (χ2n) is 6.43. The second-order valence-corrected chi connectivity index (χ2v) is 6.87. The van der Waals surface area contributed by atoms with E-state index in [4.69, 9.17) is 11.6 Å². The van der Waals surface area contributed by atoms with Crippen molar-refractivity contribution in [1.82, 2.24) is 9.88 Å². The van der Waals surface area contributed by atoms with E-state index < -0.39 is 0 Å². The van der Waals surface area contributed by atoms with E-state index in [1.54, 1.807) is 0 Å². The van der Waals surface area contributed by atoms with E-state index in [2.05, 4.69) is 22.0 Å². The van der Waals surface area contributed by atoms with Crippen LogP contribution < -0.4 is 5.32 Å². The molecule has 0 aliphatic carbocycles. The Hall–Kier alpha value is -2.36. The van der Waals surface area contributed by atoms with E-state index in [-0.39, 0.29) is 5.78 Å². The van der Waals surface area contributed by atoms with Crippen LogP contribution in [0.2, 0.25) is 5.02 Å². The fraction of sp³-hybridized carbons (Fsp3) is 0.227. The lowest BCUT2D eigenvalue weighted by Crippen LogP contribution is -2.25. The number of aromatic nitrogens is 1. The summed E-state index contributed by atoms with van der Waals surface area (Å²) in [7, 11) is 0. The van der Waals surface area contributed by atoms with Gasteiger partial charge in [-0.05, 0) is 62.7 Å². The zero-order valence-corrected chi connectivity index (χ0v) is 15.9. The average Bonchev–Trinajstić information content (AvgIpc) is 2.95. The molecule has 0 fully saturated rings. The molecular weight excluding hydrogens is 344 g/mol. The van der Waals surface area contributed by atoms with Crippen molar-refractivity contribution in [2.45, 2.75) is 20.3 Å². The van der Waals surface area contributed by atoms with Crippen LogP contribution in [0.3, 0.4) is 0 Å². The highest BCUT2D eigenvalue weighted by molar-refractivity contribution is 6.30. The molecule has 1 N–H and O–H groups in total. The maximum absolute atomic E-state index is 12.6. The summed E-state index contributed by atoms with van der Waals surface area (Å²) in [6.07, 6.45) is 0.869. The summed E-state index contributed by atoms with van der Waals surface area (Å²) in [5.41, 5.74) is 5.12. The summed E-state index contributed by atoms with van der Waals surface area (Å²) in [6, 6.07) is 19.9. The number of nitrogens with zero attached hydrogens (tertiary/aromatic N) is 1. The number of aryl methyl sites for hydroxylation is 1. The predicted octanol–water partition coefficient (Wildman–Crippen LogP) is 4.76. The molecule has 0 unspecified atom stereocenters. The predicted molar refractivity (Wildman–Crippen MR) is 108 cm³/mol. The Kier molecular flexibility index (Phi) is 5.92. The lowest BCUT2D eigenvalue weighted by Gasteiger charge is -2.10. The first-order valence-corrected chi connectivity index (χ1v) is 9.17. The maximum atomic E-state index is 12.6. The van der Waals surface area contributed by atoms with Crippen LogP contribution in [-0.2, 0) is 6.42 Å². The Morgan fingerprint density at radius 1 is 1.04 bits per heavy atom. The minimum atomic E-state index is 0.122. The molecule has 0 spiro atoms. The standard InChI is InChI=1S/C22H23ClN2O/c1-16-14-21(17(2)25(16)20-6-4-3-5-7-20)22(26)15-24-13-12-18-8-10-19(23)11-9-18/h3-11,14,24H,12-13,15H2,1-2H3. The topological polar surface area (TPSA) is 34.0 Å². The third-order valence-electron chi connectivity index (χ3n) is 4.54. The molecule has 2 aromatic carbocycles. The van der Waals surface area contributed by atoms with Gasteiger partial charge in [0.05, 0.1) is 6.54 Å². The molecule has 0 amide bonds. The molecule has 0 bridgehead atoms. The Labute approximate surface area is 159 Å². The van der Waals surface area contributed by atoms with Gasteiger partial charge in [0, 0.05) is 27.7 Å². The van der Waals surface area contributed by atoms with Crippen molar-refractivity contribution in [2.75, 3.05) is 13.1 Å². The second kappa shape index (κ2) is 8.35. The highest BCUT2D eigenvalue weighted by atomic mass is 35.5. The SMILES string of the molecule is Cc1cc(C(=O)CNCCc2ccc(Cl)cc2)c(C)n1-c1ccccc1.